The van der Waals surface area contributed by atoms with E-state index < -0.39 is 6.36 Å². The Morgan fingerprint density at radius 2 is 1.83 bits per heavy atom. The normalized spacial score (nSPS) is 15.4. The minimum absolute atomic E-state index is 0. The van der Waals surface area contributed by atoms with Gasteiger partial charge in [0.05, 0.1) is 34.6 Å². The molecular formula is C29H30Cl2F3N5O3. The van der Waals surface area contributed by atoms with Crippen LogP contribution in [0.4, 0.5) is 24.5 Å². The number of anilines is 2. The van der Waals surface area contributed by atoms with Gasteiger partial charge < -0.3 is 24.6 Å². The first-order valence-corrected chi connectivity index (χ1v) is 13.4. The summed E-state index contributed by atoms with van der Waals surface area (Å²) in [5.41, 5.74) is 4.32. The molecule has 0 saturated carbocycles. The Labute approximate surface area is 252 Å². The van der Waals surface area contributed by atoms with E-state index in [4.69, 9.17) is 16.3 Å². The number of rotatable bonds is 7. The third-order valence-electron chi connectivity index (χ3n) is 7.08. The molecule has 4 aromatic rings. The van der Waals surface area contributed by atoms with Crippen molar-refractivity contribution in [3.05, 3.63) is 82.6 Å². The maximum absolute atomic E-state index is 13.1. The summed E-state index contributed by atoms with van der Waals surface area (Å²) in [5, 5.41) is 7.95. The smallest absolute Gasteiger partial charge is 0.497 e. The quantitative estimate of drug-likeness (QED) is 0.262. The molecule has 0 unspecified atom stereocenters. The number of piperazine rings is 1. The second-order valence-electron chi connectivity index (χ2n) is 9.86. The molecule has 1 aliphatic heterocycles. The number of alkyl halides is 3. The first-order chi connectivity index (χ1) is 19.5. The molecule has 1 amide bonds. The lowest BCUT2D eigenvalue weighted by Gasteiger charge is -2.42. The molecule has 0 bridgehead atoms. The molecule has 42 heavy (non-hydrogen) atoms. The summed E-state index contributed by atoms with van der Waals surface area (Å²) in [6, 6.07) is 15.3. The second kappa shape index (κ2) is 12.6. The van der Waals surface area contributed by atoms with Gasteiger partial charge in [-0.25, -0.2) is 4.52 Å². The van der Waals surface area contributed by atoms with E-state index in [2.05, 4.69) is 31.9 Å². The highest BCUT2D eigenvalue weighted by Gasteiger charge is 2.31. The SMILES string of the molecule is COc1ccn2nc(C)c(C(=O)NCc3ccc(N4CCN(c5ccc(OC(F)(F)F)cc5)[C@@H](C)C4)c(Cl)c3)c2c1.Cl. The zero-order chi connectivity index (χ0) is 29.3. The first-order valence-electron chi connectivity index (χ1n) is 13.0. The van der Waals surface area contributed by atoms with Gasteiger partial charge in [-0.1, -0.05) is 17.7 Å². The van der Waals surface area contributed by atoms with Crippen LogP contribution in [0, 0.1) is 6.92 Å². The topological polar surface area (TPSA) is 71.3 Å². The molecule has 1 atom stereocenters. The van der Waals surface area contributed by atoms with E-state index in [1.165, 1.54) is 12.1 Å². The Morgan fingerprint density at radius 1 is 1.10 bits per heavy atom. The van der Waals surface area contributed by atoms with Crippen LogP contribution in [-0.4, -0.2) is 54.7 Å². The number of hydrogen-bond acceptors (Lipinski definition) is 6. The number of methoxy groups -OCH3 is 1. The van der Waals surface area contributed by atoms with E-state index in [0.29, 0.717) is 47.2 Å². The number of fused-ring (bicyclic) bond motifs is 1. The van der Waals surface area contributed by atoms with Crippen molar-refractivity contribution >= 4 is 46.8 Å². The van der Waals surface area contributed by atoms with Gasteiger partial charge in [-0.2, -0.15) is 5.10 Å². The number of carbonyl (C=O) groups is 1. The van der Waals surface area contributed by atoms with Crippen molar-refractivity contribution in [2.75, 3.05) is 36.5 Å². The third-order valence-corrected chi connectivity index (χ3v) is 7.38. The fourth-order valence-electron chi connectivity index (χ4n) is 5.14. The number of nitrogens with zero attached hydrogens (tertiary/aromatic N) is 4. The molecule has 2 aromatic carbocycles. The minimum atomic E-state index is -4.72. The molecule has 3 heterocycles. The van der Waals surface area contributed by atoms with Crippen LogP contribution in [0.5, 0.6) is 11.5 Å². The summed E-state index contributed by atoms with van der Waals surface area (Å²) in [4.78, 5) is 17.4. The molecule has 1 N–H and O–H groups in total. The standard InChI is InChI=1S/C29H29ClF3N5O3.ClH/c1-18-17-36(12-13-37(18)21-5-7-22(8-6-21)41-29(31,32)33)25-9-4-20(14-24(25)30)16-34-28(39)27-19(2)35-38-11-10-23(40-3)15-26(27)38;/h4-11,14-15,18H,12-13,16-17H2,1-3H3,(H,34,39);1H/t18-;/m0./s1. The lowest BCUT2D eigenvalue weighted by Crippen LogP contribution is -2.52. The second-order valence-corrected chi connectivity index (χ2v) is 10.3. The lowest BCUT2D eigenvalue weighted by atomic mass is 10.1. The van der Waals surface area contributed by atoms with Crippen molar-refractivity contribution in [2.45, 2.75) is 32.8 Å². The molecule has 1 fully saturated rings. The van der Waals surface area contributed by atoms with Crippen LogP contribution in [0.3, 0.4) is 0 Å². The molecule has 0 aliphatic carbocycles. The summed E-state index contributed by atoms with van der Waals surface area (Å²) in [7, 11) is 1.57. The number of benzene rings is 2. The number of ether oxygens (including phenoxy) is 2. The summed E-state index contributed by atoms with van der Waals surface area (Å²) < 4.78 is 48.3. The Morgan fingerprint density at radius 3 is 2.48 bits per heavy atom. The predicted molar refractivity (Wildman–Crippen MR) is 158 cm³/mol. The van der Waals surface area contributed by atoms with Gasteiger partial charge in [0.1, 0.15) is 11.5 Å². The summed E-state index contributed by atoms with van der Waals surface area (Å²) >= 11 is 6.68. The maximum atomic E-state index is 13.1. The predicted octanol–water partition coefficient (Wildman–Crippen LogP) is 6.27. The molecule has 1 saturated heterocycles. The van der Waals surface area contributed by atoms with Crippen LogP contribution in [-0.2, 0) is 6.54 Å². The highest BCUT2D eigenvalue weighted by molar-refractivity contribution is 6.33. The molecule has 0 spiro atoms. The monoisotopic (exact) mass is 623 g/mol. The van der Waals surface area contributed by atoms with E-state index >= 15 is 0 Å². The number of pyridine rings is 1. The molecule has 0 radical (unpaired) electrons. The van der Waals surface area contributed by atoms with Crippen LogP contribution in [0.1, 0.15) is 28.5 Å². The summed E-state index contributed by atoms with van der Waals surface area (Å²) in [6.45, 7) is 6.16. The molecular weight excluding hydrogens is 594 g/mol. The first kappa shape index (κ1) is 31.1. The van der Waals surface area contributed by atoms with Crippen molar-refractivity contribution in [3.63, 3.8) is 0 Å². The summed E-state index contributed by atoms with van der Waals surface area (Å²) in [5.74, 6) is 0.149. The van der Waals surface area contributed by atoms with Gasteiger partial charge in [-0.3, -0.25) is 4.79 Å². The van der Waals surface area contributed by atoms with Crippen LogP contribution in [0.15, 0.2) is 60.8 Å². The fraction of sp³-hybridized carbons (Fsp3) is 0.310. The molecule has 8 nitrogen and oxygen atoms in total. The maximum Gasteiger partial charge on any atom is 0.573 e. The molecule has 2 aromatic heterocycles. The van der Waals surface area contributed by atoms with E-state index in [0.717, 1.165) is 16.9 Å². The average Bonchev–Trinajstić information content (AvgIpc) is 3.26. The van der Waals surface area contributed by atoms with Crippen LogP contribution >= 0.6 is 24.0 Å². The molecule has 5 rings (SSSR count). The summed E-state index contributed by atoms with van der Waals surface area (Å²) in [6.07, 6.45) is -2.97. The highest BCUT2D eigenvalue weighted by Crippen LogP contribution is 2.32. The zero-order valence-corrected chi connectivity index (χ0v) is 24.7. The van der Waals surface area contributed by atoms with Gasteiger partial charge in [-0.15, -0.1) is 25.6 Å². The van der Waals surface area contributed by atoms with E-state index in [-0.39, 0.29) is 36.7 Å². The van der Waals surface area contributed by atoms with Gasteiger partial charge in [-0.05, 0) is 61.9 Å². The van der Waals surface area contributed by atoms with E-state index in [1.807, 2.05) is 18.2 Å². The Bertz CT molecular complexity index is 1560. The number of halogens is 5. The largest absolute Gasteiger partial charge is 0.573 e. The van der Waals surface area contributed by atoms with E-state index in [9.17, 15) is 18.0 Å². The minimum Gasteiger partial charge on any atom is -0.497 e. The van der Waals surface area contributed by atoms with Crippen molar-refractivity contribution in [1.82, 2.24) is 14.9 Å². The van der Waals surface area contributed by atoms with Gasteiger partial charge in [0.2, 0.25) is 0 Å². The van der Waals surface area contributed by atoms with Crippen LogP contribution < -0.4 is 24.6 Å². The Kier molecular flexibility index (Phi) is 9.32. The molecule has 1 aliphatic rings. The van der Waals surface area contributed by atoms with Crippen molar-refractivity contribution in [2.24, 2.45) is 0 Å². The Balaban J connectivity index is 0.00000405. The Hall–Kier alpha value is -3.83. The number of carbonyl (C=O) groups excluding carboxylic acids is 1. The molecule has 13 heteroatoms. The van der Waals surface area contributed by atoms with E-state index in [1.54, 1.807) is 49.0 Å². The number of nitrogens with one attached hydrogen (secondary N) is 1. The zero-order valence-electron chi connectivity index (χ0n) is 23.1. The fourth-order valence-corrected chi connectivity index (χ4v) is 5.46. The van der Waals surface area contributed by atoms with Crippen LogP contribution in [0.2, 0.25) is 5.02 Å². The number of aryl methyl sites for hydroxylation is 1. The van der Waals surface area contributed by atoms with Gasteiger partial charge in [0.25, 0.3) is 5.91 Å². The van der Waals surface area contributed by atoms with Crippen LogP contribution in [0.25, 0.3) is 5.52 Å². The highest BCUT2D eigenvalue weighted by atomic mass is 35.5. The number of amides is 1. The third kappa shape index (κ3) is 6.79. The van der Waals surface area contributed by atoms with Crippen molar-refractivity contribution in [1.29, 1.82) is 0 Å². The number of aromatic nitrogens is 2. The van der Waals surface area contributed by atoms with Crippen molar-refractivity contribution in [3.8, 4) is 11.5 Å². The van der Waals surface area contributed by atoms with Gasteiger partial charge >= 0.3 is 6.36 Å². The lowest BCUT2D eigenvalue weighted by molar-refractivity contribution is -0.274. The van der Waals surface area contributed by atoms with Gasteiger partial charge in [0, 0.05) is 50.2 Å². The van der Waals surface area contributed by atoms with Crippen molar-refractivity contribution < 1.29 is 27.4 Å². The number of hydrogen-bond donors (Lipinski definition) is 1. The average molecular weight is 624 g/mol. The molecule has 224 valence electrons. The van der Waals surface area contributed by atoms with Gasteiger partial charge in [0.15, 0.2) is 0 Å².